The molecule has 24 heteroatoms. The molecule has 2 aromatic carbocycles. The number of hydrogen-bond acceptors (Lipinski definition) is 17. The maximum absolute atomic E-state index is 13.5. The van der Waals surface area contributed by atoms with Gasteiger partial charge in [-0.1, -0.05) is 23.2 Å². The SMILES string of the molecule is COc1ccc2ncc(=O)n(CCN3CCC(N(Cc4nc5c(cc4Cl)SCC(=O)N5C)C(=O)OC(C)(C)C)CC3)c2c1.COc1ccc2ncc(=O)n(CCN3CCC(NCc4nc5c(cc4Cl)SCC(=O)N5C)CC3)c2c1. The van der Waals surface area contributed by atoms with E-state index in [1.165, 1.54) is 40.8 Å². The van der Waals surface area contributed by atoms with Gasteiger partial charge >= 0.3 is 6.09 Å². The fraction of sp³-hybridized carbons (Fsp3) is 0.473. The molecule has 4 aromatic heterocycles. The molecule has 10 rings (SSSR count). The number of piperidine rings is 2. The lowest BCUT2D eigenvalue weighted by molar-refractivity contribution is -0.116. The van der Waals surface area contributed by atoms with Crippen LogP contribution in [-0.2, 0) is 40.5 Å². The Bertz CT molecular complexity index is 3360. The minimum absolute atomic E-state index is 0.0317. The number of carbonyl (C=O) groups is 3. The summed E-state index contributed by atoms with van der Waals surface area (Å²) in [6, 6.07) is 15.1. The average Bonchev–Trinajstić information content (AvgIpc) is 3.52. The van der Waals surface area contributed by atoms with Crippen LogP contribution in [0.4, 0.5) is 16.4 Å². The number of amides is 3. The molecule has 1 N–H and O–H groups in total. The highest BCUT2D eigenvalue weighted by Gasteiger charge is 2.34. The zero-order chi connectivity index (χ0) is 56.1. The van der Waals surface area contributed by atoms with E-state index in [0.717, 1.165) is 96.0 Å². The van der Waals surface area contributed by atoms with Crippen LogP contribution in [-0.4, -0.2) is 158 Å². The first-order valence-corrected chi connectivity index (χ1v) is 29.0. The lowest BCUT2D eigenvalue weighted by atomic mass is 10.0. The van der Waals surface area contributed by atoms with Crippen LogP contribution in [0, 0.1) is 0 Å². The molecule has 0 saturated carbocycles. The Kier molecular flexibility index (Phi) is 18.4. The largest absolute Gasteiger partial charge is 0.497 e. The van der Waals surface area contributed by atoms with Gasteiger partial charge in [0.05, 0.1) is 98.0 Å². The first-order valence-electron chi connectivity index (χ1n) is 26.3. The summed E-state index contributed by atoms with van der Waals surface area (Å²) >= 11 is 16.0. The second-order valence-electron chi connectivity index (χ2n) is 20.8. The quantitative estimate of drug-likeness (QED) is 0.115. The van der Waals surface area contributed by atoms with Crippen molar-refractivity contribution in [3.8, 4) is 11.5 Å². The second kappa shape index (κ2) is 25.2. The molecule has 0 spiro atoms. The van der Waals surface area contributed by atoms with Gasteiger partial charge in [-0.2, -0.15) is 0 Å². The van der Waals surface area contributed by atoms with Crippen LogP contribution >= 0.6 is 46.7 Å². The van der Waals surface area contributed by atoms with Gasteiger partial charge in [-0.15, -0.1) is 23.5 Å². The molecular weight excluding hydrogens is 1090 g/mol. The number of ether oxygens (including phenoxy) is 3. The first kappa shape index (κ1) is 57.7. The van der Waals surface area contributed by atoms with Gasteiger partial charge in [0.1, 0.15) is 28.7 Å². The number of fused-ring (bicyclic) bond motifs is 4. The third kappa shape index (κ3) is 13.8. The summed E-state index contributed by atoms with van der Waals surface area (Å²) in [6.07, 6.45) is 5.74. The van der Waals surface area contributed by atoms with Crippen molar-refractivity contribution < 1.29 is 28.6 Å². The minimum Gasteiger partial charge on any atom is -0.497 e. The molecule has 20 nitrogen and oxygen atoms in total. The fourth-order valence-electron chi connectivity index (χ4n) is 10.00. The van der Waals surface area contributed by atoms with Gasteiger partial charge in [0.15, 0.2) is 0 Å². The summed E-state index contributed by atoms with van der Waals surface area (Å²) in [7, 11) is 6.67. The van der Waals surface area contributed by atoms with Crippen molar-refractivity contribution >= 4 is 98.3 Å². The van der Waals surface area contributed by atoms with E-state index in [1.807, 2.05) is 69.3 Å². The number of aromatic nitrogens is 6. The number of thioether (sulfide) groups is 2. The van der Waals surface area contributed by atoms with Gasteiger partial charge in [0.2, 0.25) is 11.8 Å². The van der Waals surface area contributed by atoms with E-state index in [-0.39, 0.29) is 35.5 Å². The molecule has 4 aliphatic rings. The van der Waals surface area contributed by atoms with Crippen LogP contribution < -0.4 is 35.7 Å². The highest BCUT2D eigenvalue weighted by atomic mass is 35.5. The maximum Gasteiger partial charge on any atom is 0.410 e. The van der Waals surface area contributed by atoms with Crippen LogP contribution in [0.25, 0.3) is 22.1 Å². The molecule has 8 heterocycles. The van der Waals surface area contributed by atoms with Crippen LogP contribution in [0.3, 0.4) is 0 Å². The Morgan fingerprint density at radius 3 is 1.63 bits per heavy atom. The van der Waals surface area contributed by atoms with E-state index in [0.29, 0.717) is 82.6 Å². The number of halogens is 2. The van der Waals surface area contributed by atoms with Crippen molar-refractivity contribution in [2.24, 2.45) is 0 Å². The van der Waals surface area contributed by atoms with Gasteiger partial charge < -0.3 is 38.5 Å². The molecule has 0 radical (unpaired) electrons. The topological polar surface area (TPSA) is 203 Å². The molecule has 0 aliphatic carbocycles. The molecule has 420 valence electrons. The maximum atomic E-state index is 13.5. The van der Waals surface area contributed by atoms with E-state index >= 15 is 0 Å². The summed E-state index contributed by atoms with van der Waals surface area (Å²) in [5.74, 6) is 3.38. The standard InChI is InChI=1S/C30H37ClN6O5S.C25H29ClN6O3S/c1-30(2,3)42-29(40)37(17-23-21(31)15-25-28(33-23)34(4)27(39)18-43-25)19-8-10-35(11-9-19)12-13-36-24-14-20(41-5)6-7-22(24)32-16-26(36)38;1-30-24(34)15-36-22-12-18(26)20(29-25(22)30)13-27-16-5-7-31(8-6-16)9-10-32-21-11-17(35-2)3-4-19(21)28-14-23(32)33/h6-7,14-16,19H,8-13,17-18H2,1-5H3;3-4,11-12,14,16,27H,5-10,13,15H2,1-2H3. The summed E-state index contributed by atoms with van der Waals surface area (Å²) in [5.41, 5.74) is 3.39. The molecule has 79 heavy (non-hydrogen) atoms. The van der Waals surface area contributed by atoms with Crippen molar-refractivity contribution in [1.82, 2.24) is 49.1 Å². The average molecular weight is 1160 g/mol. The number of benzene rings is 2. The van der Waals surface area contributed by atoms with Gasteiger partial charge in [-0.25, -0.2) is 24.7 Å². The second-order valence-corrected chi connectivity index (χ2v) is 23.7. The summed E-state index contributed by atoms with van der Waals surface area (Å²) < 4.78 is 20.0. The summed E-state index contributed by atoms with van der Waals surface area (Å²) in [6.45, 7) is 12.2. The Hall–Kier alpha value is -6.01. The highest BCUT2D eigenvalue weighted by Crippen LogP contribution is 2.38. The molecular formula is C55H66Cl2N12O8S2. The van der Waals surface area contributed by atoms with Gasteiger partial charge in [-0.3, -0.25) is 33.9 Å². The number of hydrogen-bond donors (Lipinski definition) is 1. The molecule has 3 amide bonds. The molecule has 2 saturated heterocycles. The number of pyridine rings is 2. The zero-order valence-corrected chi connectivity index (χ0v) is 48.6. The summed E-state index contributed by atoms with van der Waals surface area (Å²) in [4.78, 5) is 92.3. The number of rotatable bonds is 14. The number of nitrogens with zero attached hydrogens (tertiary/aromatic N) is 11. The number of likely N-dealkylation sites (tertiary alicyclic amines) is 2. The molecule has 2 fully saturated rings. The van der Waals surface area contributed by atoms with Gasteiger partial charge in [0.25, 0.3) is 11.1 Å². The lowest BCUT2D eigenvalue weighted by Gasteiger charge is -2.39. The van der Waals surface area contributed by atoms with Crippen molar-refractivity contribution in [1.29, 1.82) is 0 Å². The van der Waals surface area contributed by atoms with Crippen LogP contribution in [0.5, 0.6) is 11.5 Å². The number of anilines is 2. The smallest absolute Gasteiger partial charge is 0.410 e. The van der Waals surface area contributed by atoms with Crippen LogP contribution in [0.1, 0.15) is 57.8 Å². The fourth-order valence-corrected chi connectivity index (χ4v) is 12.5. The van der Waals surface area contributed by atoms with E-state index in [4.69, 9.17) is 42.4 Å². The Labute approximate surface area is 477 Å². The van der Waals surface area contributed by atoms with Crippen LogP contribution in [0.15, 0.2) is 80.3 Å². The van der Waals surface area contributed by atoms with Crippen molar-refractivity contribution in [3.05, 3.63) is 103 Å². The number of methoxy groups -OCH3 is 2. The Morgan fingerprint density at radius 2 is 1.15 bits per heavy atom. The predicted molar refractivity (Wildman–Crippen MR) is 309 cm³/mol. The Balaban J connectivity index is 0.000000195. The third-order valence-corrected chi connectivity index (χ3v) is 17.2. The first-order chi connectivity index (χ1) is 37.9. The number of carbonyl (C=O) groups excluding carboxylic acids is 3. The van der Waals surface area contributed by atoms with Crippen LogP contribution in [0.2, 0.25) is 10.0 Å². The number of nitrogens with one attached hydrogen (secondary N) is 1. The van der Waals surface area contributed by atoms with E-state index in [1.54, 1.807) is 47.2 Å². The lowest BCUT2D eigenvalue weighted by Crippen LogP contribution is -2.49. The van der Waals surface area contributed by atoms with Crippen molar-refractivity contribution in [2.45, 2.75) is 100 Å². The van der Waals surface area contributed by atoms with E-state index < -0.39 is 11.7 Å². The van der Waals surface area contributed by atoms with E-state index in [2.05, 4.69) is 30.1 Å². The molecule has 4 aliphatic heterocycles. The molecule has 6 aromatic rings. The van der Waals surface area contributed by atoms with Gasteiger partial charge in [0, 0.05) is 84.1 Å². The van der Waals surface area contributed by atoms with Crippen molar-refractivity contribution in [3.63, 3.8) is 0 Å². The third-order valence-electron chi connectivity index (χ3n) is 14.6. The minimum atomic E-state index is -0.671. The zero-order valence-electron chi connectivity index (χ0n) is 45.5. The Morgan fingerprint density at radius 1 is 0.684 bits per heavy atom. The molecule has 0 unspecified atom stereocenters. The highest BCUT2D eigenvalue weighted by molar-refractivity contribution is 8.00. The summed E-state index contributed by atoms with van der Waals surface area (Å²) in [5, 5.41) is 4.67. The van der Waals surface area contributed by atoms with Gasteiger partial charge in [-0.05, 0) is 95.9 Å². The normalized spacial score (nSPS) is 16.6. The van der Waals surface area contributed by atoms with Crippen molar-refractivity contribution in [2.75, 3.05) is 88.9 Å². The van der Waals surface area contributed by atoms with E-state index in [9.17, 15) is 24.0 Å². The monoisotopic (exact) mass is 1160 g/mol. The molecule has 0 bridgehead atoms. The predicted octanol–water partition coefficient (Wildman–Crippen LogP) is 7.20. The molecule has 0 atom stereocenters.